The lowest BCUT2D eigenvalue weighted by Crippen LogP contribution is -2.37. The second kappa shape index (κ2) is 13.3. The van der Waals surface area contributed by atoms with Crippen LogP contribution in [0.15, 0.2) is 78.9 Å². The molecule has 2 N–H and O–H groups in total. The van der Waals surface area contributed by atoms with Crippen molar-refractivity contribution in [3.8, 4) is 11.5 Å². The van der Waals surface area contributed by atoms with E-state index in [2.05, 4.69) is 37.5 Å². The smallest absolute Gasteiger partial charge is 0.246 e. The molecule has 0 unspecified atom stereocenters. The van der Waals surface area contributed by atoms with Crippen LogP contribution in [0.25, 0.3) is 0 Å². The molecule has 0 bridgehead atoms. The highest BCUT2D eigenvalue weighted by atomic mass is 16.5. The number of hydrogen-bond acceptors (Lipinski definition) is 4. The van der Waals surface area contributed by atoms with Crippen molar-refractivity contribution >= 4 is 11.6 Å². The van der Waals surface area contributed by atoms with E-state index in [0.29, 0.717) is 30.8 Å². The average Bonchev–Trinajstić information content (AvgIpc) is 2.91. The van der Waals surface area contributed by atoms with E-state index in [4.69, 9.17) is 9.47 Å². The molecule has 3 atom stereocenters. The van der Waals surface area contributed by atoms with Gasteiger partial charge in [0.2, 0.25) is 5.91 Å². The van der Waals surface area contributed by atoms with Crippen molar-refractivity contribution in [1.82, 2.24) is 5.32 Å². The second-order valence-corrected chi connectivity index (χ2v) is 10.5. The van der Waals surface area contributed by atoms with Crippen LogP contribution >= 0.6 is 0 Å². The van der Waals surface area contributed by atoms with Crippen LogP contribution in [0.2, 0.25) is 0 Å². The van der Waals surface area contributed by atoms with Crippen molar-refractivity contribution in [1.29, 1.82) is 0 Å². The predicted octanol–water partition coefficient (Wildman–Crippen LogP) is 7.18. The summed E-state index contributed by atoms with van der Waals surface area (Å²) >= 11 is 0. The molecule has 0 saturated heterocycles. The Morgan fingerprint density at radius 3 is 2.41 bits per heavy atom. The van der Waals surface area contributed by atoms with Crippen molar-refractivity contribution in [3.63, 3.8) is 0 Å². The van der Waals surface area contributed by atoms with Gasteiger partial charge in [-0.15, -0.1) is 0 Å². The molecule has 0 heterocycles. The maximum atomic E-state index is 12.4. The molecular weight excluding hydrogens is 460 g/mol. The zero-order chi connectivity index (χ0) is 26.0. The lowest BCUT2D eigenvalue weighted by Gasteiger charge is -2.37. The molecule has 5 nitrogen and oxygen atoms in total. The van der Waals surface area contributed by atoms with Crippen molar-refractivity contribution in [2.45, 2.75) is 59.2 Å². The molecule has 5 heteroatoms. The number of hydrogen-bond donors (Lipinski definition) is 2. The number of amides is 1. The number of benzene rings is 3. The van der Waals surface area contributed by atoms with Crippen LogP contribution in [0.5, 0.6) is 11.5 Å². The lowest BCUT2D eigenvalue weighted by molar-refractivity contribution is -0.131. The van der Waals surface area contributed by atoms with Crippen LogP contribution in [0.4, 0.5) is 5.69 Å². The van der Waals surface area contributed by atoms with Crippen molar-refractivity contribution in [3.05, 3.63) is 90.0 Å². The zero-order valence-electron chi connectivity index (χ0n) is 22.3. The Bertz CT molecular complexity index is 1110. The Hall–Kier alpha value is -3.31. The van der Waals surface area contributed by atoms with Gasteiger partial charge in [0.05, 0.1) is 6.10 Å². The minimum absolute atomic E-state index is 0.0574. The monoisotopic (exact) mass is 500 g/mol. The summed E-state index contributed by atoms with van der Waals surface area (Å²) < 4.78 is 12.1. The van der Waals surface area contributed by atoms with Gasteiger partial charge < -0.3 is 20.1 Å². The third-order valence-corrected chi connectivity index (χ3v) is 7.26. The van der Waals surface area contributed by atoms with Gasteiger partial charge >= 0.3 is 0 Å². The molecule has 37 heavy (non-hydrogen) atoms. The van der Waals surface area contributed by atoms with E-state index in [-0.39, 0.29) is 18.6 Å². The number of carbonyl (C=O) groups is 1. The Balaban J connectivity index is 1.22. The number of para-hydroxylation sites is 2. The number of rotatable bonds is 11. The summed E-state index contributed by atoms with van der Waals surface area (Å²) in [6.45, 7) is 8.06. The van der Waals surface area contributed by atoms with Crippen molar-refractivity contribution in [2.75, 3.05) is 11.9 Å². The van der Waals surface area contributed by atoms with Gasteiger partial charge in [0, 0.05) is 24.3 Å². The van der Waals surface area contributed by atoms with E-state index in [9.17, 15) is 4.79 Å². The minimum atomic E-state index is -0.0574. The highest BCUT2D eigenvalue weighted by Gasteiger charge is 2.31. The summed E-state index contributed by atoms with van der Waals surface area (Å²) in [4.78, 5) is 12.4. The Labute approximate surface area is 221 Å². The van der Waals surface area contributed by atoms with Gasteiger partial charge in [-0.1, -0.05) is 75.7 Å². The molecule has 1 saturated carbocycles. The molecule has 3 aromatic rings. The first-order valence-electron chi connectivity index (χ1n) is 13.5. The second-order valence-electron chi connectivity index (χ2n) is 10.5. The van der Waals surface area contributed by atoms with Crippen molar-refractivity contribution in [2.24, 2.45) is 17.8 Å². The van der Waals surface area contributed by atoms with Gasteiger partial charge in [-0.2, -0.15) is 0 Å². The predicted molar refractivity (Wildman–Crippen MR) is 150 cm³/mol. The van der Waals surface area contributed by atoms with E-state index in [0.717, 1.165) is 34.7 Å². The van der Waals surface area contributed by atoms with Crippen LogP contribution in [0.1, 0.15) is 51.2 Å². The fraction of sp³-hybridized carbons (Fsp3) is 0.406. The van der Waals surface area contributed by atoms with E-state index < -0.39 is 0 Å². The average molecular weight is 501 g/mol. The molecule has 3 aromatic carbocycles. The van der Waals surface area contributed by atoms with E-state index >= 15 is 0 Å². The molecule has 0 aromatic heterocycles. The first-order chi connectivity index (χ1) is 18.0. The fourth-order valence-electron chi connectivity index (χ4n) is 5.04. The third kappa shape index (κ3) is 8.09. The van der Waals surface area contributed by atoms with Gasteiger partial charge in [-0.05, 0) is 66.5 Å². The van der Waals surface area contributed by atoms with Gasteiger partial charge in [0.1, 0.15) is 18.1 Å². The fourth-order valence-corrected chi connectivity index (χ4v) is 5.04. The number of nitrogens with one attached hydrogen (secondary N) is 2. The Morgan fingerprint density at radius 2 is 1.65 bits per heavy atom. The summed E-state index contributed by atoms with van der Waals surface area (Å²) in [5, 5.41) is 6.47. The first kappa shape index (κ1) is 26.7. The summed E-state index contributed by atoms with van der Waals surface area (Å²) in [7, 11) is 0. The Morgan fingerprint density at radius 1 is 0.919 bits per heavy atom. The molecular formula is C32H40N2O3. The van der Waals surface area contributed by atoms with Crippen LogP contribution < -0.4 is 15.4 Å². The van der Waals surface area contributed by atoms with Gasteiger partial charge in [-0.25, -0.2) is 0 Å². The highest BCUT2D eigenvalue weighted by molar-refractivity contribution is 5.77. The third-order valence-electron chi connectivity index (χ3n) is 7.26. The summed E-state index contributed by atoms with van der Waals surface area (Å²) in [5.41, 5.74) is 3.15. The molecule has 0 radical (unpaired) electrons. The van der Waals surface area contributed by atoms with E-state index in [1.165, 1.54) is 12.8 Å². The molecule has 1 aliphatic rings. The number of carbonyl (C=O) groups excluding carboxylic acids is 1. The number of ether oxygens (including phenoxy) is 2. The lowest BCUT2D eigenvalue weighted by atomic mass is 9.75. The summed E-state index contributed by atoms with van der Waals surface area (Å²) in [5.74, 6) is 3.39. The topological polar surface area (TPSA) is 59.6 Å². The summed E-state index contributed by atoms with van der Waals surface area (Å²) in [6.07, 6.45) is 3.68. The van der Waals surface area contributed by atoms with Gasteiger partial charge in [0.15, 0.2) is 0 Å². The molecule has 0 aliphatic heterocycles. The molecule has 1 aliphatic carbocycles. The quantitative estimate of drug-likeness (QED) is 0.293. The zero-order valence-corrected chi connectivity index (χ0v) is 22.3. The summed E-state index contributed by atoms with van der Waals surface area (Å²) in [6, 6.07) is 26.0. The molecule has 0 spiro atoms. The molecule has 1 amide bonds. The highest BCUT2D eigenvalue weighted by Crippen LogP contribution is 2.35. The standard InChI is InChI=1S/C32H40N2O3/c1-23(2)29-18-13-24(3)19-31(29)36-22-32(35)34-20-25-14-16-27(17-15-25)33-21-26-9-7-8-12-30(26)37-28-10-5-4-6-11-28/h4-12,14-17,23-24,29,31,33H,13,18-22H2,1-3H3,(H,34,35)/t24-,29+,31-/m1/s1. The minimum Gasteiger partial charge on any atom is -0.457 e. The SMILES string of the molecule is CC(C)[C@@H]1CC[C@@H](C)C[C@H]1OCC(=O)NCc1ccc(NCc2ccccc2Oc2ccccc2)cc1. The van der Waals surface area contributed by atoms with E-state index in [1.54, 1.807) is 0 Å². The van der Waals surface area contributed by atoms with E-state index in [1.807, 2.05) is 72.8 Å². The van der Waals surface area contributed by atoms with Crippen molar-refractivity contribution < 1.29 is 14.3 Å². The first-order valence-corrected chi connectivity index (χ1v) is 13.5. The normalized spacial score (nSPS) is 19.4. The van der Waals surface area contributed by atoms with Crippen LogP contribution in [-0.4, -0.2) is 18.6 Å². The van der Waals surface area contributed by atoms with Crippen LogP contribution in [0.3, 0.4) is 0 Å². The Kier molecular flexibility index (Phi) is 9.61. The maximum absolute atomic E-state index is 12.4. The van der Waals surface area contributed by atoms with Gasteiger partial charge in [-0.3, -0.25) is 4.79 Å². The van der Waals surface area contributed by atoms with Crippen LogP contribution in [-0.2, 0) is 22.6 Å². The molecule has 1 fully saturated rings. The number of anilines is 1. The maximum Gasteiger partial charge on any atom is 0.246 e. The van der Waals surface area contributed by atoms with Gasteiger partial charge in [0.25, 0.3) is 0 Å². The van der Waals surface area contributed by atoms with Crippen LogP contribution in [0, 0.1) is 17.8 Å². The largest absolute Gasteiger partial charge is 0.457 e. The molecule has 196 valence electrons. The molecule has 4 rings (SSSR count).